The Hall–Kier alpha value is -2.13. The predicted octanol–water partition coefficient (Wildman–Crippen LogP) is 3.57. The first-order valence-electron chi connectivity index (χ1n) is 8.43. The Balaban J connectivity index is 1.92. The number of fused-ring (bicyclic) bond motifs is 1. The summed E-state index contributed by atoms with van der Waals surface area (Å²) < 4.78 is 0. The third-order valence-electron chi connectivity index (χ3n) is 4.73. The quantitative estimate of drug-likeness (QED) is 0.814. The van der Waals surface area contributed by atoms with Gasteiger partial charge in [0.15, 0.2) is 0 Å². The van der Waals surface area contributed by atoms with Crippen LogP contribution in [0.2, 0.25) is 0 Å². The molecule has 3 nitrogen and oxygen atoms in total. The molecule has 0 spiro atoms. The van der Waals surface area contributed by atoms with E-state index in [-0.39, 0.29) is 11.9 Å². The van der Waals surface area contributed by atoms with Crippen molar-refractivity contribution in [3.63, 3.8) is 0 Å². The molecule has 23 heavy (non-hydrogen) atoms. The van der Waals surface area contributed by atoms with Gasteiger partial charge in [0, 0.05) is 18.7 Å². The Kier molecular flexibility index (Phi) is 4.77. The fourth-order valence-corrected chi connectivity index (χ4v) is 3.38. The minimum Gasteiger partial charge on any atom is -0.326 e. The van der Waals surface area contributed by atoms with E-state index in [4.69, 9.17) is 0 Å². The number of amides is 1. The Labute approximate surface area is 138 Å². The van der Waals surface area contributed by atoms with Gasteiger partial charge in [-0.1, -0.05) is 62.4 Å². The second kappa shape index (κ2) is 6.97. The summed E-state index contributed by atoms with van der Waals surface area (Å²) >= 11 is 0. The molecule has 0 fully saturated rings. The molecule has 1 aliphatic rings. The average molecular weight is 308 g/mol. The van der Waals surface area contributed by atoms with Crippen LogP contribution in [-0.4, -0.2) is 41.9 Å². The Bertz CT molecular complexity index is 664. The lowest BCUT2D eigenvalue weighted by molar-refractivity contribution is 0.0729. The monoisotopic (exact) mass is 308 g/mol. The first kappa shape index (κ1) is 15.8. The normalized spacial score (nSPS) is 16.9. The highest BCUT2D eigenvalue weighted by Crippen LogP contribution is 2.37. The molecule has 0 saturated heterocycles. The molecule has 0 aromatic heterocycles. The number of carbonyl (C=O) groups excluding carboxylic acids is 1. The fraction of sp³-hybridized carbons (Fsp3) is 0.350. The lowest BCUT2D eigenvalue weighted by Crippen LogP contribution is -2.37. The minimum atomic E-state index is 0.0375. The molecule has 1 atom stereocenters. The number of nitrogens with zero attached hydrogens (tertiary/aromatic N) is 2. The van der Waals surface area contributed by atoms with Gasteiger partial charge < -0.3 is 9.80 Å². The van der Waals surface area contributed by atoms with Gasteiger partial charge in [-0.2, -0.15) is 0 Å². The van der Waals surface area contributed by atoms with Crippen LogP contribution in [0.25, 0.3) is 0 Å². The van der Waals surface area contributed by atoms with Gasteiger partial charge in [-0.05, 0) is 30.3 Å². The van der Waals surface area contributed by atoms with Gasteiger partial charge in [-0.15, -0.1) is 0 Å². The molecule has 3 heteroatoms. The lowest BCUT2D eigenvalue weighted by Gasteiger charge is -2.28. The number of likely N-dealkylation sites (N-methyl/N-ethyl adjacent to an activating group) is 1. The summed E-state index contributed by atoms with van der Waals surface area (Å²) in [4.78, 5) is 17.3. The van der Waals surface area contributed by atoms with Gasteiger partial charge in [0.1, 0.15) is 0 Å². The molecule has 0 N–H and O–H groups in total. The largest absolute Gasteiger partial charge is 0.326 e. The van der Waals surface area contributed by atoms with Crippen molar-refractivity contribution in [3.8, 4) is 0 Å². The topological polar surface area (TPSA) is 23.6 Å². The van der Waals surface area contributed by atoms with Crippen LogP contribution in [0.15, 0.2) is 54.6 Å². The van der Waals surface area contributed by atoms with Crippen LogP contribution >= 0.6 is 0 Å². The molecule has 3 rings (SSSR count). The lowest BCUT2D eigenvalue weighted by atomic mass is 9.98. The van der Waals surface area contributed by atoms with Crippen molar-refractivity contribution in [2.45, 2.75) is 19.9 Å². The van der Waals surface area contributed by atoms with E-state index in [2.05, 4.69) is 36.9 Å². The van der Waals surface area contributed by atoms with Crippen LogP contribution in [0.3, 0.4) is 0 Å². The maximum atomic E-state index is 12.9. The highest BCUT2D eigenvalue weighted by atomic mass is 16.2. The fourth-order valence-electron chi connectivity index (χ4n) is 3.38. The molecule has 0 bridgehead atoms. The summed E-state index contributed by atoms with van der Waals surface area (Å²) in [5.74, 6) is 0.154. The summed E-state index contributed by atoms with van der Waals surface area (Å²) in [6.45, 7) is 8.03. The molecular weight excluding hydrogens is 284 g/mol. The predicted molar refractivity (Wildman–Crippen MR) is 93.6 cm³/mol. The number of hydrogen-bond acceptors (Lipinski definition) is 2. The molecule has 2 aromatic carbocycles. The highest BCUT2D eigenvalue weighted by molar-refractivity contribution is 5.99. The number of carbonyl (C=O) groups is 1. The molecule has 0 unspecified atom stereocenters. The molecule has 0 aliphatic carbocycles. The second-order valence-electron chi connectivity index (χ2n) is 5.93. The van der Waals surface area contributed by atoms with Crippen molar-refractivity contribution in [3.05, 3.63) is 71.3 Å². The van der Waals surface area contributed by atoms with Gasteiger partial charge in [0.25, 0.3) is 5.91 Å². The van der Waals surface area contributed by atoms with Crippen molar-refractivity contribution in [2.75, 3.05) is 26.2 Å². The average Bonchev–Trinajstić information content (AvgIpc) is 2.89. The van der Waals surface area contributed by atoms with Crippen molar-refractivity contribution in [2.24, 2.45) is 0 Å². The molecule has 0 saturated carbocycles. The maximum Gasteiger partial charge on any atom is 0.255 e. The van der Waals surface area contributed by atoms with E-state index in [0.717, 1.165) is 37.3 Å². The van der Waals surface area contributed by atoms with Crippen molar-refractivity contribution < 1.29 is 4.79 Å². The zero-order chi connectivity index (χ0) is 16.2. The van der Waals surface area contributed by atoms with E-state index in [1.54, 1.807) is 0 Å². The Morgan fingerprint density at radius 3 is 2.30 bits per heavy atom. The molecule has 0 radical (unpaired) electrons. The molecule has 1 amide bonds. The third kappa shape index (κ3) is 3.02. The van der Waals surface area contributed by atoms with Gasteiger partial charge >= 0.3 is 0 Å². The van der Waals surface area contributed by atoms with Crippen LogP contribution in [0.1, 0.15) is 41.4 Å². The van der Waals surface area contributed by atoms with Crippen molar-refractivity contribution in [1.29, 1.82) is 0 Å². The number of benzene rings is 2. The van der Waals surface area contributed by atoms with Crippen LogP contribution in [0, 0.1) is 0 Å². The number of rotatable bonds is 6. The van der Waals surface area contributed by atoms with Gasteiger partial charge in [0.2, 0.25) is 0 Å². The van der Waals surface area contributed by atoms with E-state index in [1.807, 2.05) is 41.3 Å². The summed E-state index contributed by atoms with van der Waals surface area (Å²) in [5.41, 5.74) is 3.16. The number of hydrogen-bond donors (Lipinski definition) is 0. The molecule has 1 aliphatic heterocycles. The smallest absolute Gasteiger partial charge is 0.255 e. The summed E-state index contributed by atoms with van der Waals surface area (Å²) in [5, 5.41) is 0. The maximum absolute atomic E-state index is 12.9. The standard InChI is InChI=1S/C20H24N2O/c1-3-21(4-2)14-15-22-19(16-10-6-5-7-11-16)17-12-8-9-13-18(17)20(22)23/h5-13,19H,3-4,14-15H2,1-2H3/t19-/m0/s1. The molecule has 120 valence electrons. The van der Waals surface area contributed by atoms with Gasteiger partial charge in [0.05, 0.1) is 6.04 Å². The summed E-state index contributed by atoms with van der Waals surface area (Å²) in [7, 11) is 0. The van der Waals surface area contributed by atoms with Crippen molar-refractivity contribution in [1.82, 2.24) is 9.80 Å². The zero-order valence-electron chi connectivity index (χ0n) is 13.9. The highest BCUT2D eigenvalue weighted by Gasteiger charge is 2.36. The van der Waals surface area contributed by atoms with E-state index < -0.39 is 0 Å². The summed E-state index contributed by atoms with van der Waals surface area (Å²) in [6, 6.07) is 18.4. The van der Waals surface area contributed by atoms with Gasteiger partial charge in [-0.25, -0.2) is 0 Å². The van der Waals surface area contributed by atoms with Crippen LogP contribution in [-0.2, 0) is 0 Å². The van der Waals surface area contributed by atoms with E-state index in [9.17, 15) is 4.79 Å². The van der Waals surface area contributed by atoms with Crippen LogP contribution in [0.5, 0.6) is 0 Å². The third-order valence-corrected chi connectivity index (χ3v) is 4.73. The van der Waals surface area contributed by atoms with Crippen molar-refractivity contribution >= 4 is 5.91 Å². The Morgan fingerprint density at radius 1 is 0.957 bits per heavy atom. The van der Waals surface area contributed by atoms with Crippen LogP contribution < -0.4 is 0 Å². The van der Waals surface area contributed by atoms with E-state index in [0.29, 0.717) is 0 Å². The van der Waals surface area contributed by atoms with Crippen LogP contribution in [0.4, 0.5) is 0 Å². The molecular formula is C20H24N2O. The van der Waals surface area contributed by atoms with Gasteiger partial charge in [-0.3, -0.25) is 4.79 Å². The minimum absolute atomic E-state index is 0.0375. The van der Waals surface area contributed by atoms with E-state index >= 15 is 0 Å². The SMILES string of the molecule is CCN(CC)CCN1C(=O)c2ccccc2[C@@H]1c1ccccc1. The molecule has 2 aromatic rings. The first-order valence-corrected chi connectivity index (χ1v) is 8.43. The second-order valence-corrected chi connectivity index (χ2v) is 5.93. The first-order chi connectivity index (χ1) is 11.3. The Morgan fingerprint density at radius 2 is 1.61 bits per heavy atom. The van der Waals surface area contributed by atoms with E-state index in [1.165, 1.54) is 5.56 Å². The summed E-state index contributed by atoms with van der Waals surface area (Å²) in [6.07, 6.45) is 0. The zero-order valence-corrected chi connectivity index (χ0v) is 13.9. The molecule has 1 heterocycles.